The number of nitrogens with one attached hydrogen (secondary N) is 2. The van der Waals surface area contributed by atoms with Gasteiger partial charge in [0.1, 0.15) is 0 Å². The largest absolute Gasteiger partial charge is 0.351 e. The molecule has 0 spiro atoms. The second kappa shape index (κ2) is 12.3. The van der Waals surface area contributed by atoms with Crippen LogP contribution in [-0.4, -0.2) is 63.5 Å². The fourth-order valence-electron chi connectivity index (χ4n) is 4.40. The molecule has 206 valence electrons. The van der Waals surface area contributed by atoms with Crippen LogP contribution in [0.2, 0.25) is 0 Å². The molecule has 0 atom stereocenters. The Balaban J connectivity index is 0.00000353. The van der Waals surface area contributed by atoms with Crippen molar-refractivity contribution in [2.24, 2.45) is 0 Å². The third-order valence-electron chi connectivity index (χ3n) is 6.60. The first-order valence-corrected chi connectivity index (χ1v) is 14.9. The molecule has 0 bridgehead atoms. The molecule has 4 aromatic rings. The number of fused-ring (bicyclic) bond motifs is 1. The number of carbonyl (C=O) groups excluding carboxylic acids is 1. The minimum Gasteiger partial charge on any atom is -0.351 e. The molecule has 0 aliphatic carbocycles. The normalized spacial score (nSPS) is 14.2. The van der Waals surface area contributed by atoms with Crippen LogP contribution >= 0.6 is 23.7 Å². The highest BCUT2D eigenvalue weighted by atomic mass is 35.5. The Morgan fingerprint density at radius 3 is 2.41 bits per heavy atom. The number of aromatic nitrogens is 1. The number of amides is 1. The minimum absolute atomic E-state index is 0. The summed E-state index contributed by atoms with van der Waals surface area (Å²) in [5.41, 5.74) is 4.03. The van der Waals surface area contributed by atoms with Crippen LogP contribution in [0.5, 0.6) is 0 Å². The molecular formula is C28H32ClN5O3S2. The van der Waals surface area contributed by atoms with E-state index in [1.54, 1.807) is 59.9 Å². The molecule has 11 heteroatoms. The Bertz CT molecular complexity index is 1550. The standard InChI is InChI=1S/C28H31N5O3S2.ClH/c1-20-6-9-24(10-7-20)38(35,36)31-23-5-3-4-22(19-23)27(34)29-12-13-32-14-16-33(17-15-32)28-30-25-11-8-21(2)18-26(25)37-28;/h3-11,18-19,31H,12-17H2,1-2H3,(H,29,34);1H. The first-order valence-electron chi connectivity index (χ1n) is 12.6. The lowest BCUT2D eigenvalue weighted by Crippen LogP contribution is -2.48. The second-order valence-corrected chi connectivity index (χ2v) is 12.2. The predicted molar refractivity (Wildman–Crippen MR) is 161 cm³/mol. The molecule has 1 aromatic heterocycles. The van der Waals surface area contributed by atoms with Gasteiger partial charge in [-0.25, -0.2) is 13.4 Å². The molecule has 1 aliphatic rings. The zero-order valence-corrected chi connectivity index (χ0v) is 24.3. The van der Waals surface area contributed by atoms with Crippen molar-refractivity contribution >= 4 is 60.7 Å². The lowest BCUT2D eigenvalue weighted by atomic mass is 10.2. The van der Waals surface area contributed by atoms with E-state index in [0.29, 0.717) is 17.8 Å². The van der Waals surface area contributed by atoms with Crippen LogP contribution in [0, 0.1) is 13.8 Å². The fraction of sp³-hybridized carbons (Fsp3) is 0.286. The third-order valence-corrected chi connectivity index (χ3v) is 9.07. The molecule has 1 aliphatic heterocycles. The van der Waals surface area contributed by atoms with Crippen molar-refractivity contribution in [1.82, 2.24) is 15.2 Å². The summed E-state index contributed by atoms with van der Waals surface area (Å²) in [6, 6.07) is 19.5. The quantitative estimate of drug-likeness (QED) is 0.312. The molecule has 1 amide bonds. The van der Waals surface area contributed by atoms with Gasteiger partial charge in [0.2, 0.25) is 0 Å². The number of aryl methyl sites for hydroxylation is 2. The van der Waals surface area contributed by atoms with Gasteiger partial charge in [-0.15, -0.1) is 12.4 Å². The summed E-state index contributed by atoms with van der Waals surface area (Å²) in [7, 11) is -3.73. The van der Waals surface area contributed by atoms with E-state index in [1.165, 1.54) is 10.3 Å². The lowest BCUT2D eigenvalue weighted by molar-refractivity contribution is 0.0948. The number of nitrogens with zero attached hydrogens (tertiary/aromatic N) is 3. The van der Waals surface area contributed by atoms with Crippen LogP contribution in [0.25, 0.3) is 10.2 Å². The number of carbonyl (C=O) groups is 1. The molecule has 2 heterocycles. The Morgan fingerprint density at radius 2 is 1.67 bits per heavy atom. The number of benzene rings is 3. The van der Waals surface area contributed by atoms with Crippen molar-refractivity contribution < 1.29 is 13.2 Å². The number of halogens is 1. The molecule has 39 heavy (non-hydrogen) atoms. The maximum atomic E-state index is 12.7. The van der Waals surface area contributed by atoms with Gasteiger partial charge >= 0.3 is 0 Å². The van der Waals surface area contributed by atoms with Gasteiger partial charge in [0.25, 0.3) is 15.9 Å². The number of piperazine rings is 1. The molecule has 3 aromatic carbocycles. The minimum atomic E-state index is -3.73. The number of anilines is 2. The Labute approximate surface area is 239 Å². The van der Waals surface area contributed by atoms with Crippen LogP contribution in [0.15, 0.2) is 71.6 Å². The first kappa shape index (κ1) is 28.8. The molecule has 2 N–H and O–H groups in total. The van der Waals surface area contributed by atoms with Gasteiger partial charge in [0.15, 0.2) is 5.13 Å². The van der Waals surface area contributed by atoms with E-state index in [2.05, 4.69) is 45.0 Å². The lowest BCUT2D eigenvalue weighted by Gasteiger charge is -2.34. The van der Waals surface area contributed by atoms with Crippen molar-refractivity contribution in [3.63, 3.8) is 0 Å². The van der Waals surface area contributed by atoms with E-state index in [1.807, 2.05) is 6.92 Å². The summed E-state index contributed by atoms with van der Waals surface area (Å²) in [4.78, 5) is 22.4. The Hall–Kier alpha value is -3.18. The van der Waals surface area contributed by atoms with Gasteiger partial charge in [0.05, 0.1) is 15.1 Å². The van der Waals surface area contributed by atoms with Gasteiger partial charge in [-0.1, -0.05) is 41.2 Å². The summed E-state index contributed by atoms with van der Waals surface area (Å²) in [6.45, 7) is 8.86. The number of thiazole rings is 1. The van der Waals surface area contributed by atoms with Gasteiger partial charge in [-0.05, 0) is 61.9 Å². The molecule has 8 nitrogen and oxygen atoms in total. The maximum absolute atomic E-state index is 12.7. The number of hydrogen-bond acceptors (Lipinski definition) is 7. The molecule has 1 saturated heterocycles. The number of rotatable bonds is 8. The van der Waals surface area contributed by atoms with Crippen molar-refractivity contribution in [1.29, 1.82) is 0 Å². The first-order chi connectivity index (χ1) is 18.3. The average Bonchev–Trinajstić information content (AvgIpc) is 3.32. The molecule has 0 unspecified atom stereocenters. The number of hydrogen-bond donors (Lipinski definition) is 2. The van der Waals surface area contributed by atoms with Crippen LogP contribution in [0.4, 0.5) is 10.8 Å². The Kier molecular flexibility index (Phi) is 9.12. The van der Waals surface area contributed by atoms with Crippen molar-refractivity contribution in [3.8, 4) is 0 Å². The van der Waals surface area contributed by atoms with Gasteiger partial charge in [-0.3, -0.25) is 14.4 Å². The number of sulfonamides is 1. The maximum Gasteiger partial charge on any atom is 0.261 e. The fourth-order valence-corrected chi connectivity index (χ4v) is 6.57. The zero-order valence-electron chi connectivity index (χ0n) is 21.9. The molecule has 0 saturated carbocycles. The molecule has 0 radical (unpaired) electrons. The van der Waals surface area contributed by atoms with E-state index in [4.69, 9.17) is 4.98 Å². The smallest absolute Gasteiger partial charge is 0.261 e. The van der Waals surface area contributed by atoms with E-state index in [0.717, 1.165) is 48.9 Å². The highest BCUT2D eigenvalue weighted by molar-refractivity contribution is 7.92. The van der Waals surface area contributed by atoms with Crippen LogP contribution < -0.4 is 14.9 Å². The second-order valence-electron chi connectivity index (χ2n) is 9.55. The predicted octanol–water partition coefficient (Wildman–Crippen LogP) is 4.69. The van der Waals surface area contributed by atoms with E-state index >= 15 is 0 Å². The van der Waals surface area contributed by atoms with Crippen LogP contribution in [0.3, 0.4) is 0 Å². The van der Waals surface area contributed by atoms with E-state index in [9.17, 15) is 13.2 Å². The van der Waals surface area contributed by atoms with E-state index < -0.39 is 10.0 Å². The van der Waals surface area contributed by atoms with Gasteiger partial charge < -0.3 is 10.2 Å². The summed E-state index contributed by atoms with van der Waals surface area (Å²) in [5, 5.41) is 4.02. The molecular weight excluding hydrogens is 554 g/mol. The van der Waals surface area contributed by atoms with Crippen molar-refractivity contribution in [2.75, 3.05) is 48.9 Å². The van der Waals surface area contributed by atoms with E-state index in [-0.39, 0.29) is 23.2 Å². The topological polar surface area (TPSA) is 94.6 Å². The summed E-state index contributed by atoms with van der Waals surface area (Å²) < 4.78 is 29.2. The molecule has 5 rings (SSSR count). The van der Waals surface area contributed by atoms with Crippen molar-refractivity contribution in [2.45, 2.75) is 18.7 Å². The summed E-state index contributed by atoms with van der Waals surface area (Å²) in [6.07, 6.45) is 0. The third kappa shape index (κ3) is 7.07. The average molecular weight is 586 g/mol. The van der Waals surface area contributed by atoms with Crippen molar-refractivity contribution in [3.05, 3.63) is 83.4 Å². The monoisotopic (exact) mass is 585 g/mol. The molecule has 1 fully saturated rings. The summed E-state index contributed by atoms with van der Waals surface area (Å²) >= 11 is 1.74. The van der Waals surface area contributed by atoms with Crippen LogP contribution in [0.1, 0.15) is 21.5 Å². The zero-order chi connectivity index (χ0) is 26.7. The van der Waals surface area contributed by atoms with Crippen LogP contribution in [-0.2, 0) is 10.0 Å². The summed E-state index contributed by atoms with van der Waals surface area (Å²) in [5.74, 6) is -0.232. The SMILES string of the molecule is Cc1ccc(S(=O)(=O)Nc2cccc(C(=O)NCCN3CCN(c4nc5ccc(C)cc5s4)CC3)c2)cc1.Cl. The van der Waals surface area contributed by atoms with Gasteiger partial charge in [0, 0.05) is 50.5 Å². The highest BCUT2D eigenvalue weighted by Gasteiger charge is 2.20. The van der Waals surface area contributed by atoms with Gasteiger partial charge in [-0.2, -0.15) is 0 Å². The Morgan fingerprint density at radius 1 is 0.949 bits per heavy atom. The highest BCUT2D eigenvalue weighted by Crippen LogP contribution is 2.30.